The van der Waals surface area contributed by atoms with Crippen molar-refractivity contribution in [1.82, 2.24) is 19.5 Å². The maximum Gasteiger partial charge on any atom is 0.165 e. The summed E-state index contributed by atoms with van der Waals surface area (Å²) in [5.41, 5.74) is 0.950. The van der Waals surface area contributed by atoms with E-state index in [9.17, 15) is 0 Å². The molecule has 1 saturated carbocycles. The molecule has 2 heterocycles. The minimum Gasteiger partial charge on any atom is -0.361 e. The highest BCUT2D eigenvalue weighted by atomic mass is 15.2. The van der Waals surface area contributed by atoms with Crippen LogP contribution in [-0.2, 0) is 6.54 Å². The highest BCUT2D eigenvalue weighted by Crippen LogP contribution is 2.41. The zero-order chi connectivity index (χ0) is 13.4. The summed E-state index contributed by atoms with van der Waals surface area (Å²) in [6.45, 7) is 3.17. The minimum atomic E-state index is 0.585. The number of fused-ring (bicyclic) bond motifs is 1. The van der Waals surface area contributed by atoms with Gasteiger partial charge in [0.25, 0.3) is 0 Å². The molecular formula is C14H21N5. The number of hydrogen-bond donors (Lipinski definition) is 0. The lowest BCUT2D eigenvalue weighted by atomic mass is 10.3. The van der Waals surface area contributed by atoms with Gasteiger partial charge in [-0.2, -0.15) is 0 Å². The Morgan fingerprint density at radius 3 is 2.74 bits per heavy atom. The van der Waals surface area contributed by atoms with Gasteiger partial charge in [-0.1, -0.05) is 13.3 Å². The highest BCUT2D eigenvalue weighted by Gasteiger charge is 2.31. The predicted molar refractivity (Wildman–Crippen MR) is 75.6 cm³/mol. The first-order valence-corrected chi connectivity index (χ1v) is 7.10. The summed E-state index contributed by atoms with van der Waals surface area (Å²) in [4.78, 5) is 16.0. The van der Waals surface area contributed by atoms with Crippen LogP contribution in [-0.4, -0.2) is 33.6 Å². The van der Waals surface area contributed by atoms with E-state index in [1.54, 1.807) is 0 Å². The van der Waals surface area contributed by atoms with Crippen molar-refractivity contribution in [3.05, 3.63) is 12.2 Å². The Morgan fingerprint density at radius 1 is 1.32 bits per heavy atom. The molecule has 0 amide bonds. The lowest BCUT2D eigenvalue weighted by Gasteiger charge is -2.17. The third-order valence-electron chi connectivity index (χ3n) is 3.58. The second-order valence-electron chi connectivity index (χ2n) is 5.54. The topological polar surface area (TPSA) is 46.8 Å². The van der Waals surface area contributed by atoms with Crippen LogP contribution in [0.1, 0.15) is 44.3 Å². The van der Waals surface area contributed by atoms with Gasteiger partial charge >= 0.3 is 0 Å². The van der Waals surface area contributed by atoms with Crippen LogP contribution in [0.2, 0.25) is 0 Å². The summed E-state index contributed by atoms with van der Waals surface area (Å²) >= 11 is 0. The molecule has 0 N–H and O–H groups in total. The smallest absolute Gasteiger partial charge is 0.165 e. The molecule has 3 aliphatic rings. The normalized spacial score (nSPS) is 15.1. The number of unbranched alkanes of at least 4 members (excludes halogenated alkanes) is 1. The maximum absolute atomic E-state index is 4.76. The van der Waals surface area contributed by atoms with Crippen LogP contribution in [0.25, 0.3) is 11.5 Å². The molecule has 0 unspecified atom stereocenters. The summed E-state index contributed by atoms with van der Waals surface area (Å²) in [5.74, 6) is 3.51. The first-order chi connectivity index (χ1) is 9.20. The monoisotopic (exact) mass is 259 g/mol. The second kappa shape index (κ2) is 4.79. The van der Waals surface area contributed by atoms with Gasteiger partial charge in [-0.25, -0.2) is 15.0 Å². The van der Waals surface area contributed by atoms with E-state index in [2.05, 4.69) is 16.5 Å². The summed E-state index contributed by atoms with van der Waals surface area (Å²) < 4.78 is 2.14. The summed E-state index contributed by atoms with van der Waals surface area (Å²) in [5, 5.41) is 0. The molecule has 1 aliphatic carbocycles. The van der Waals surface area contributed by atoms with Crippen molar-refractivity contribution in [3.63, 3.8) is 0 Å². The second-order valence-corrected chi connectivity index (χ2v) is 5.54. The number of aromatic nitrogens is 4. The third kappa shape index (κ3) is 2.29. The Kier molecular flexibility index (Phi) is 3.12. The lowest BCUT2D eigenvalue weighted by Crippen LogP contribution is -2.15. The Labute approximate surface area is 114 Å². The molecule has 0 spiro atoms. The van der Waals surface area contributed by atoms with E-state index in [1.807, 2.05) is 25.3 Å². The summed E-state index contributed by atoms with van der Waals surface area (Å²) in [6, 6.07) is 0. The molecule has 0 bridgehead atoms. The number of rotatable bonds is 5. The van der Waals surface area contributed by atoms with Crippen molar-refractivity contribution in [2.45, 2.75) is 45.1 Å². The van der Waals surface area contributed by atoms with Gasteiger partial charge in [-0.05, 0) is 19.3 Å². The van der Waals surface area contributed by atoms with E-state index in [0.717, 1.165) is 36.1 Å². The molecule has 0 radical (unpaired) electrons. The van der Waals surface area contributed by atoms with Crippen LogP contribution in [0.15, 0.2) is 6.33 Å². The summed E-state index contributed by atoms with van der Waals surface area (Å²) in [6.07, 6.45) is 6.69. The van der Waals surface area contributed by atoms with Gasteiger partial charge in [0, 0.05) is 26.6 Å². The third-order valence-corrected chi connectivity index (χ3v) is 3.58. The minimum absolute atomic E-state index is 0.585. The Bertz CT molecular complexity index is 541. The number of aryl methyl sites for hydroxylation is 1. The van der Waals surface area contributed by atoms with Crippen molar-refractivity contribution in [2.75, 3.05) is 19.0 Å². The van der Waals surface area contributed by atoms with E-state index in [-0.39, 0.29) is 0 Å². The van der Waals surface area contributed by atoms with E-state index >= 15 is 0 Å². The summed E-state index contributed by atoms with van der Waals surface area (Å²) in [7, 11) is 4.01. The molecule has 2 aliphatic heterocycles. The standard InChI is InChI=1S/C14H21N5/c1-4-5-8-19-9-15-13(18(2)3)11-14(19)17-12(16-11)10-6-7-10/h9-10H,4-8H2,1-3H3. The van der Waals surface area contributed by atoms with Crippen molar-refractivity contribution >= 4 is 5.82 Å². The van der Waals surface area contributed by atoms with Gasteiger partial charge in [0.2, 0.25) is 0 Å². The quantitative estimate of drug-likeness (QED) is 0.827. The van der Waals surface area contributed by atoms with Crippen LogP contribution < -0.4 is 4.90 Å². The fourth-order valence-electron chi connectivity index (χ4n) is 2.28. The average Bonchev–Trinajstić information content (AvgIpc) is 3.14. The van der Waals surface area contributed by atoms with Gasteiger partial charge in [-0.15, -0.1) is 0 Å². The molecule has 5 heteroatoms. The fourth-order valence-corrected chi connectivity index (χ4v) is 2.28. The number of imidazole rings is 1. The van der Waals surface area contributed by atoms with Crippen LogP contribution in [0.5, 0.6) is 0 Å². The van der Waals surface area contributed by atoms with Gasteiger partial charge in [0.15, 0.2) is 17.3 Å². The molecule has 0 aromatic carbocycles. The maximum atomic E-state index is 4.76. The molecule has 1 fully saturated rings. The average molecular weight is 259 g/mol. The Morgan fingerprint density at radius 2 is 2.11 bits per heavy atom. The zero-order valence-electron chi connectivity index (χ0n) is 11.9. The predicted octanol–water partition coefficient (Wildman–Crippen LogP) is 2.52. The Balaban J connectivity index is 2.05. The fraction of sp³-hybridized carbons (Fsp3) is 0.643. The molecule has 0 aromatic rings. The molecule has 19 heavy (non-hydrogen) atoms. The largest absolute Gasteiger partial charge is 0.361 e. The van der Waals surface area contributed by atoms with Gasteiger partial charge in [-0.3, -0.25) is 0 Å². The van der Waals surface area contributed by atoms with Crippen molar-refractivity contribution < 1.29 is 0 Å². The van der Waals surface area contributed by atoms with E-state index in [0.29, 0.717) is 5.92 Å². The van der Waals surface area contributed by atoms with Crippen molar-refractivity contribution in [2.24, 2.45) is 0 Å². The zero-order valence-corrected chi connectivity index (χ0v) is 11.9. The molecule has 0 aromatic heterocycles. The van der Waals surface area contributed by atoms with Crippen LogP contribution >= 0.6 is 0 Å². The van der Waals surface area contributed by atoms with E-state index in [4.69, 9.17) is 9.97 Å². The number of anilines is 1. The van der Waals surface area contributed by atoms with E-state index in [1.165, 1.54) is 19.3 Å². The van der Waals surface area contributed by atoms with Crippen LogP contribution in [0, 0.1) is 0 Å². The first-order valence-electron chi connectivity index (χ1n) is 7.10. The molecule has 3 rings (SSSR count). The van der Waals surface area contributed by atoms with Crippen LogP contribution in [0.3, 0.4) is 0 Å². The molecular weight excluding hydrogens is 238 g/mol. The Hall–Kier alpha value is -1.65. The molecule has 0 atom stereocenters. The van der Waals surface area contributed by atoms with Gasteiger partial charge in [0.1, 0.15) is 5.82 Å². The van der Waals surface area contributed by atoms with Gasteiger partial charge in [0.05, 0.1) is 6.33 Å². The highest BCUT2D eigenvalue weighted by molar-refractivity contribution is 5.68. The van der Waals surface area contributed by atoms with Crippen molar-refractivity contribution in [1.29, 1.82) is 0 Å². The lowest BCUT2D eigenvalue weighted by molar-refractivity contribution is 0.617. The number of hydrogen-bond acceptors (Lipinski definition) is 4. The van der Waals surface area contributed by atoms with Crippen LogP contribution in [0.4, 0.5) is 5.82 Å². The first kappa shape index (κ1) is 12.4. The SMILES string of the molecule is CCCCn1cnc(N(C)C)c2nc(C3CC3)nc1-2. The van der Waals surface area contributed by atoms with E-state index < -0.39 is 0 Å². The molecule has 5 nitrogen and oxygen atoms in total. The molecule has 102 valence electrons. The van der Waals surface area contributed by atoms with Gasteiger partial charge < -0.3 is 9.47 Å². The van der Waals surface area contributed by atoms with Crippen molar-refractivity contribution in [3.8, 4) is 11.5 Å². The molecule has 0 saturated heterocycles. The number of nitrogens with zero attached hydrogens (tertiary/aromatic N) is 5.